The van der Waals surface area contributed by atoms with Crippen molar-refractivity contribution in [2.24, 2.45) is 0 Å². The lowest BCUT2D eigenvalue weighted by Gasteiger charge is -2.15. The van der Waals surface area contributed by atoms with E-state index in [1.807, 2.05) is 0 Å². The summed E-state index contributed by atoms with van der Waals surface area (Å²) >= 11 is 0. The molecule has 0 bridgehead atoms. The highest BCUT2D eigenvalue weighted by Crippen LogP contribution is 2.14. The van der Waals surface area contributed by atoms with Crippen LogP contribution in [-0.2, 0) is 4.79 Å². The number of halogens is 3. The zero-order valence-corrected chi connectivity index (χ0v) is 6.64. The van der Waals surface area contributed by atoms with Gasteiger partial charge in [0, 0.05) is 6.61 Å². The molecule has 1 unspecified atom stereocenters. The largest absolute Gasteiger partial charge is 0.471 e. The summed E-state index contributed by atoms with van der Waals surface area (Å²) in [5, 5.41) is 18.4. The Kier molecular flexibility index (Phi) is 4.71. The van der Waals surface area contributed by atoms with Crippen LogP contribution in [0.15, 0.2) is 0 Å². The Hall–Kier alpha value is -0.820. The van der Waals surface area contributed by atoms with Crippen molar-refractivity contribution < 1.29 is 28.2 Å². The van der Waals surface area contributed by atoms with Crippen molar-refractivity contribution in [3.05, 3.63) is 0 Å². The first kappa shape index (κ1) is 12.2. The van der Waals surface area contributed by atoms with E-state index in [0.717, 1.165) is 0 Å². The van der Waals surface area contributed by atoms with Gasteiger partial charge in [0.25, 0.3) is 0 Å². The van der Waals surface area contributed by atoms with Gasteiger partial charge in [0.1, 0.15) is 0 Å². The van der Waals surface area contributed by atoms with Gasteiger partial charge in [-0.2, -0.15) is 13.2 Å². The first-order valence-corrected chi connectivity index (χ1v) is 3.51. The summed E-state index contributed by atoms with van der Waals surface area (Å²) in [5.41, 5.74) is 0. The van der Waals surface area contributed by atoms with Gasteiger partial charge in [-0.05, 0) is 6.42 Å². The van der Waals surface area contributed by atoms with Gasteiger partial charge in [0.15, 0.2) is 0 Å². The van der Waals surface area contributed by atoms with E-state index >= 15 is 0 Å². The lowest BCUT2D eigenvalue weighted by Crippen LogP contribution is -2.45. The van der Waals surface area contributed by atoms with Crippen LogP contribution in [0.3, 0.4) is 0 Å². The van der Waals surface area contributed by atoms with Gasteiger partial charge in [-0.25, -0.2) is 0 Å². The lowest BCUT2D eigenvalue weighted by molar-refractivity contribution is -0.174. The molecular weight excluding hydrogens is 191 g/mol. The minimum Gasteiger partial charge on any atom is -0.396 e. The minimum absolute atomic E-state index is 0.113. The Morgan fingerprint density at radius 2 is 1.92 bits per heavy atom. The number of rotatable bonds is 4. The number of aliphatic hydroxyl groups is 2. The van der Waals surface area contributed by atoms with Crippen LogP contribution in [-0.4, -0.2) is 41.6 Å². The summed E-state index contributed by atoms with van der Waals surface area (Å²) in [5.74, 6) is -2.11. The summed E-state index contributed by atoms with van der Waals surface area (Å²) < 4.78 is 34.9. The molecule has 0 spiro atoms. The topological polar surface area (TPSA) is 69.6 Å². The van der Waals surface area contributed by atoms with E-state index < -0.39 is 31.3 Å². The van der Waals surface area contributed by atoms with Crippen molar-refractivity contribution in [2.75, 3.05) is 13.2 Å². The molecule has 0 aromatic rings. The quantitative estimate of drug-likeness (QED) is 0.569. The maximum atomic E-state index is 11.6. The maximum Gasteiger partial charge on any atom is 0.471 e. The molecular formula is C6H10F3NO3. The number of carbonyl (C=O) groups is 1. The van der Waals surface area contributed by atoms with Crippen molar-refractivity contribution in [1.82, 2.24) is 5.32 Å². The zero-order chi connectivity index (χ0) is 10.5. The second kappa shape index (κ2) is 5.03. The summed E-state index contributed by atoms with van der Waals surface area (Å²) in [7, 11) is 0. The number of nitrogens with one attached hydrogen (secondary N) is 1. The third-order valence-corrected chi connectivity index (χ3v) is 1.29. The average molecular weight is 201 g/mol. The Labute approximate surface area is 72.4 Å². The van der Waals surface area contributed by atoms with E-state index in [9.17, 15) is 18.0 Å². The van der Waals surface area contributed by atoms with Gasteiger partial charge >= 0.3 is 12.1 Å². The SMILES string of the molecule is O=C(NC(CO)CCO)C(F)(F)F. The van der Waals surface area contributed by atoms with Gasteiger partial charge in [0.2, 0.25) is 0 Å². The van der Waals surface area contributed by atoms with Crippen molar-refractivity contribution >= 4 is 5.91 Å². The smallest absolute Gasteiger partial charge is 0.396 e. The first-order chi connectivity index (χ1) is 5.91. The van der Waals surface area contributed by atoms with Crippen LogP contribution in [0.5, 0.6) is 0 Å². The molecule has 7 heteroatoms. The van der Waals surface area contributed by atoms with Crippen molar-refractivity contribution in [3.8, 4) is 0 Å². The van der Waals surface area contributed by atoms with Crippen molar-refractivity contribution in [2.45, 2.75) is 18.6 Å². The van der Waals surface area contributed by atoms with Crippen molar-refractivity contribution in [3.63, 3.8) is 0 Å². The molecule has 0 rings (SSSR count). The molecule has 0 heterocycles. The number of alkyl halides is 3. The fraction of sp³-hybridized carbons (Fsp3) is 0.833. The maximum absolute atomic E-state index is 11.6. The molecule has 78 valence electrons. The summed E-state index contributed by atoms with van der Waals surface area (Å²) in [4.78, 5) is 10.3. The van der Waals surface area contributed by atoms with Gasteiger partial charge in [0.05, 0.1) is 12.6 Å². The second-order valence-electron chi connectivity index (χ2n) is 2.36. The van der Waals surface area contributed by atoms with E-state index in [1.54, 1.807) is 0 Å². The number of carbonyl (C=O) groups excluding carboxylic acids is 1. The molecule has 0 aromatic heterocycles. The molecule has 0 fully saturated rings. The van der Waals surface area contributed by atoms with Crippen LogP contribution >= 0.6 is 0 Å². The van der Waals surface area contributed by atoms with Crippen LogP contribution < -0.4 is 5.32 Å². The normalized spacial score (nSPS) is 13.9. The molecule has 13 heavy (non-hydrogen) atoms. The predicted molar refractivity (Wildman–Crippen MR) is 36.8 cm³/mol. The van der Waals surface area contributed by atoms with Gasteiger partial charge < -0.3 is 15.5 Å². The van der Waals surface area contributed by atoms with Crippen LogP contribution in [0.1, 0.15) is 6.42 Å². The lowest BCUT2D eigenvalue weighted by atomic mass is 10.2. The van der Waals surface area contributed by atoms with Crippen LogP contribution in [0, 0.1) is 0 Å². The molecule has 0 aliphatic heterocycles. The predicted octanol–water partition coefficient (Wildman–Crippen LogP) is -0.592. The fourth-order valence-corrected chi connectivity index (χ4v) is 0.632. The van der Waals surface area contributed by atoms with Crippen LogP contribution in [0.2, 0.25) is 0 Å². The first-order valence-electron chi connectivity index (χ1n) is 3.51. The summed E-state index contributed by atoms with van der Waals surface area (Å²) in [6.07, 6.45) is -5.07. The van der Waals surface area contributed by atoms with E-state index in [2.05, 4.69) is 0 Å². The number of amides is 1. The highest BCUT2D eigenvalue weighted by molar-refractivity contribution is 5.81. The molecule has 0 radical (unpaired) electrons. The number of hydrogen-bond acceptors (Lipinski definition) is 3. The molecule has 0 saturated carbocycles. The van der Waals surface area contributed by atoms with E-state index in [1.165, 1.54) is 5.32 Å². The Bertz CT molecular complexity index is 171. The monoisotopic (exact) mass is 201 g/mol. The average Bonchev–Trinajstić information content (AvgIpc) is 2.01. The van der Waals surface area contributed by atoms with Gasteiger partial charge in [-0.1, -0.05) is 0 Å². The third kappa shape index (κ3) is 4.69. The van der Waals surface area contributed by atoms with Crippen molar-refractivity contribution in [1.29, 1.82) is 0 Å². The Morgan fingerprint density at radius 1 is 1.38 bits per heavy atom. The van der Waals surface area contributed by atoms with Gasteiger partial charge in [-0.15, -0.1) is 0 Å². The number of aliphatic hydroxyl groups excluding tert-OH is 2. The minimum atomic E-state index is -4.96. The van der Waals surface area contributed by atoms with E-state index in [4.69, 9.17) is 10.2 Å². The second-order valence-corrected chi connectivity index (χ2v) is 2.36. The highest BCUT2D eigenvalue weighted by atomic mass is 19.4. The molecule has 0 saturated heterocycles. The van der Waals surface area contributed by atoms with Crippen LogP contribution in [0.25, 0.3) is 0 Å². The van der Waals surface area contributed by atoms with Crippen LogP contribution in [0.4, 0.5) is 13.2 Å². The number of hydrogen-bond donors (Lipinski definition) is 3. The summed E-state index contributed by atoms with van der Waals surface area (Å²) in [6.45, 7) is -1.04. The highest BCUT2D eigenvalue weighted by Gasteiger charge is 2.39. The Balaban J connectivity index is 4.01. The van der Waals surface area contributed by atoms with E-state index in [-0.39, 0.29) is 6.42 Å². The van der Waals surface area contributed by atoms with E-state index in [0.29, 0.717) is 0 Å². The fourth-order valence-electron chi connectivity index (χ4n) is 0.632. The molecule has 3 N–H and O–H groups in total. The summed E-state index contributed by atoms with van der Waals surface area (Å²) in [6, 6.07) is -1.06. The zero-order valence-electron chi connectivity index (χ0n) is 6.64. The molecule has 4 nitrogen and oxygen atoms in total. The molecule has 0 aromatic carbocycles. The standard InChI is InChI=1S/C6H10F3NO3/c7-6(8,9)5(13)10-4(3-12)1-2-11/h4,11-12H,1-3H2,(H,10,13). The third-order valence-electron chi connectivity index (χ3n) is 1.29. The molecule has 1 amide bonds. The van der Waals surface area contributed by atoms with Gasteiger partial charge in [-0.3, -0.25) is 4.79 Å². The molecule has 0 aliphatic rings. The molecule has 1 atom stereocenters. The molecule has 0 aliphatic carbocycles. The Morgan fingerprint density at radius 3 is 2.23 bits per heavy atom.